The van der Waals surface area contributed by atoms with E-state index in [1.165, 1.54) is 12.1 Å². The standard InChI is InChI=1S/C12H14FN3/c1-2-14-8-12-15-7-11(16-12)9-3-5-10(13)6-4-9/h3-7,14H,2,8H2,1H3,(H,15,16). The molecule has 0 unspecified atom stereocenters. The summed E-state index contributed by atoms with van der Waals surface area (Å²) < 4.78 is 12.7. The second-order valence-corrected chi connectivity index (χ2v) is 3.53. The lowest BCUT2D eigenvalue weighted by atomic mass is 10.2. The molecule has 1 heterocycles. The van der Waals surface area contributed by atoms with Crippen LogP contribution in [-0.4, -0.2) is 16.5 Å². The summed E-state index contributed by atoms with van der Waals surface area (Å²) in [5.74, 6) is 0.664. The highest BCUT2D eigenvalue weighted by atomic mass is 19.1. The number of aromatic nitrogens is 2. The van der Waals surface area contributed by atoms with Crippen LogP contribution in [0.4, 0.5) is 4.39 Å². The molecule has 1 aromatic heterocycles. The largest absolute Gasteiger partial charge is 0.341 e. The molecule has 0 atom stereocenters. The molecule has 16 heavy (non-hydrogen) atoms. The smallest absolute Gasteiger partial charge is 0.123 e. The van der Waals surface area contributed by atoms with Gasteiger partial charge in [0.15, 0.2) is 0 Å². The van der Waals surface area contributed by atoms with Crippen molar-refractivity contribution in [3.63, 3.8) is 0 Å². The molecule has 2 aromatic rings. The van der Waals surface area contributed by atoms with Crippen molar-refractivity contribution in [2.45, 2.75) is 13.5 Å². The Morgan fingerprint density at radius 2 is 2.06 bits per heavy atom. The van der Waals surface area contributed by atoms with Gasteiger partial charge in [0.1, 0.15) is 11.6 Å². The predicted octanol–water partition coefficient (Wildman–Crippen LogP) is 2.33. The van der Waals surface area contributed by atoms with E-state index in [1.54, 1.807) is 18.3 Å². The molecule has 0 fully saturated rings. The van der Waals surface area contributed by atoms with Gasteiger partial charge in [-0.2, -0.15) is 0 Å². The van der Waals surface area contributed by atoms with Gasteiger partial charge >= 0.3 is 0 Å². The minimum Gasteiger partial charge on any atom is -0.341 e. The third-order valence-electron chi connectivity index (χ3n) is 2.33. The Kier molecular flexibility index (Phi) is 3.31. The van der Waals surface area contributed by atoms with E-state index in [9.17, 15) is 4.39 Å². The molecule has 0 amide bonds. The van der Waals surface area contributed by atoms with Crippen LogP contribution in [0.15, 0.2) is 30.5 Å². The molecule has 0 bridgehead atoms. The van der Waals surface area contributed by atoms with Crippen LogP contribution in [-0.2, 0) is 6.54 Å². The second kappa shape index (κ2) is 4.90. The van der Waals surface area contributed by atoms with Crippen LogP contribution >= 0.6 is 0 Å². The molecule has 2 N–H and O–H groups in total. The summed E-state index contributed by atoms with van der Waals surface area (Å²) in [6, 6.07) is 6.36. The van der Waals surface area contributed by atoms with Crippen LogP contribution in [0.5, 0.6) is 0 Å². The highest BCUT2D eigenvalue weighted by Crippen LogP contribution is 2.17. The number of benzene rings is 1. The lowest BCUT2D eigenvalue weighted by Gasteiger charge is -1.98. The van der Waals surface area contributed by atoms with E-state index >= 15 is 0 Å². The first-order valence-corrected chi connectivity index (χ1v) is 5.30. The average molecular weight is 219 g/mol. The molecule has 0 spiro atoms. The van der Waals surface area contributed by atoms with Crippen molar-refractivity contribution < 1.29 is 4.39 Å². The Morgan fingerprint density at radius 1 is 1.31 bits per heavy atom. The molecule has 84 valence electrons. The van der Waals surface area contributed by atoms with Gasteiger partial charge in [0.25, 0.3) is 0 Å². The fourth-order valence-electron chi connectivity index (χ4n) is 1.47. The molecule has 0 radical (unpaired) electrons. The molecular formula is C12H14FN3. The highest BCUT2D eigenvalue weighted by molar-refractivity contribution is 5.58. The zero-order valence-corrected chi connectivity index (χ0v) is 9.13. The van der Waals surface area contributed by atoms with E-state index in [-0.39, 0.29) is 5.82 Å². The molecule has 0 aliphatic carbocycles. The van der Waals surface area contributed by atoms with Crippen molar-refractivity contribution in [1.82, 2.24) is 15.3 Å². The topological polar surface area (TPSA) is 40.7 Å². The fourth-order valence-corrected chi connectivity index (χ4v) is 1.47. The zero-order valence-electron chi connectivity index (χ0n) is 9.13. The van der Waals surface area contributed by atoms with Gasteiger partial charge in [-0.25, -0.2) is 9.37 Å². The molecule has 4 heteroatoms. The molecule has 0 aliphatic heterocycles. The maximum atomic E-state index is 12.7. The third kappa shape index (κ3) is 2.46. The van der Waals surface area contributed by atoms with E-state index in [0.29, 0.717) is 0 Å². The van der Waals surface area contributed by atoms with Crippen LogP contribution in [0.25, 0.3) is 11.3 Å². The number of imidazole rings is 1. The van der Waals surface area contributed by atoms with Crippen molar-refractivity contribution in [2.75, 3.05) is 6.54 Å². The molecule has 3 nitrogen and oxygen atoms in total. The maximum absolute atomic E-state index is 12.7. The van der Waals surface area contributed by atoms with E-state index in [2.05, 4.69) is 15.3 Å². The van der Waals surface area contributed by atoms with Gasteiger partial charge in [-0.15, -0.1) is 0 Å². The van der Waals surface area contributed by atoms with Crippen LogP contribution in [0, 0.1) is 5.82 Å². The summed E-state index contributed by atoms with van der Waals surface area (Å²) in [5, 5.41) is 3.18. The van der Waals surface area contributed by atoms with Crippen molar-refractivity contribution >= 4 is 0 Å². The molecule has 0 aliphatic rings. The molecule has 0 saturated heterocycles. The number of halogens is 1. The van der Waals surface area contributed by atoms with E-state index in [1.807, 2.05) is 6.92 Å². The van der Waals surface area contributed by atoms with Crippen molar-refractivity contribution in [1.29, 1.82) is 0 Å². The summed E-state index contributed by atoms with van der Waals surface area (Å²) >= 11 is 0. The number of aromatic amines is 1. The maximum Gasteiger partial charge on any atom is 0.123 e. The van der Waals surface area contributed by atoms with E-state index in [0.717, 1.165) is 30.2 Å². The van der Waals surface area contributed by atoms with Crippen molar-refractivity contribution in [3.8, 4) is 11.3 Å². The number of hydrogen-bond acceptors (Lipinski definition) is 2. The first kappa shape index (κ1) is 10.8. The monoisotopic (exact) mass is 219 g/mol. The van der Waals surface area contributed by atoms with E-state index in [4.69, 9.17) is 0 Å². The summed E-state index contributed by atoms with van der Waals surface area (Å²) in [6.07, 6.45) is 1.76. The van der Waals surface area contributed by atoms with Gasteiger partial charge in [-0.3, -0.25) is 0 Å². The Bertz CT molecular complexity index is 448. The number of H-pyrrole nitrogens is 1. The first-order valence-electron chi connectivity index (χ1n) is 5.30. The minimum absolute atomic E-state index is 0.226. The normalized spacial score (nSPS) is 10.6. The average Bonchev–Trinajstić information content (AvgIpc) is 2.76. The Labute approximate surface area is 93.7 Å². The summed E-state index contributed by atoms with van der Waals surface area (Å²) in [5.41, 5.74) is 1.85. The predicted molar refractivity (Wildman–Crippen MR) is 61.4 cm³/mol. The number of nitrogens with one attached hydrogen (secondary N) is 2. The number of nitrogens with zero attached hydrogens (tertiary/aromatic N) is 1. The van der Waals surface area contributed by atoms with Crippen LogP contribution in [0.2, 0.25) is 0 Å². The second-order valence-electron chi connectivity index (χ2n) is 3.53. The van der Waals surface area contributed by atoms with Gasteiger partial charge in [0.05, 0.1) is 18.4 Å². The van der Waals surface area contributed by atoms with Gasteiger partial charge in [-0.1, -0.05) is 6.92 Å². The highest BCUT2D eigenvalue weighted by Gasteiger charge is 2.02. The van der Waals surface area contributed by atoms with Crippen LogP contribution in [0.3, 0.4) is 0 Å². The summed E-state index contributed by atoms with van der Waals surface area (Å²) in [7, 11) is 0. The fraction of sp³-hybridized carbons (Fsp3) is 0.250. The summed E-state index contributed by atoms with van der Waals surface area (Å²) in [6.45, 7) is 3.67. The Balaban J connectivity index is 2.15. The van der Waals surface area contributed by atoms with E-state index < -0.39 is 0 Å². The Morgan fingerprint density at radius 3 is 2.75 bits per heavy atom. The van der Waals surface area contributed by atoms with Gasteiger partial charge in [0.2, 0.25) is 0 Å². The van der Waals surface area contributed by atoms with Crippen molar-refractivity contribution in [2.24, 2.45) is 0 Å². The quantitative estimate of drug-likeness (QED) is 0.828. The van der Waals surface area contributed by atoms with Gasteiger partial charge in [0, 0.05) is 0 Å². The third-order valence-corrected chi connectivity index (χ3v) is 2.33. The lowest BCUT2D eigenvalue weighted by Crippen LogP contribution is -2.12. The van der Waals surface area contributed by atoms with Gasteiger partial charge in [-0.05, 0) is 36.4 Å². The zero-order chi connectivity index (χ0) is 11.4. The SMILES string of the molecule is CCNCc1ncc(-c2ccc(F)cc2)[nH]1. The minimum atomic E-state index is -0.226. The number of hydrogen-bond donors (Lipinski definition) is 2. The Hall–Kier alpha value is -1.68. The molecular weight excluding hydrogens is 205 g/mol. The first-order chi connectivity index (χ1) is 7.79. The molecule has 2 rings (SSSR count). The number of rotatable bonds is 4. The van der Waals surface area contributed by atoms with Crippen LogP contribution < -0.4 is 5.32 Å². The molecule has 1 aromatic carbocycles. The van der Waals surface area contributed by atoms with Crippen LogP contribution in [0.1, 0.15) is 12.7 Å². The van der Waals surface area contributed by atoms with Crippen molar-refractivity contribution in [3.05, 3.63) is 42.1 Å². The summed E-state index contributed by atoms with van der Waals surface area (Å²) in [4.78, 5) is 7.43. The lowest BCUT2D eigenvalue weighted by molar-refractivity contribution is 0.628. The van der Waals surface area contributed by atoms with Gasteiger partial charge < -0.3 is 10.3 Å². The molecule has 0 saturated carbocycles.